The maximum absolute atomic E-state index is 12.8. The number of aromatic nitrogens is 3. The number of rotatable bonds is 5. The molecule has 1 aliphatic rings. The van der Waals surface area contributed by atoms with Crippen LogP contribution in [0.15, 0.2) is 54.7 Å². The van der Waals surface area contributed by atoms with Gasteiger partial charge in [-0.3, -0.25) is 19.9 Å². The number of nitro groups is 1. The molecular formula is C22H22N6O3. The molecule has 0 radical (unpaired) electrons. The van der Waals surface area contributed by atoms with Crippen LogP contribution in [-0.4, -0.2) is 56.9 Å². The van der Waals surface area contributed by atoms with Gasteiger partial charge in [0.15, 0.2) is 5.82 Å². The average molecular weight is 418 g/mol. The summed E-state index contributed by atoms with van der Waals surface area (Å²) in [7, 11) is 0. The topological polar surface area (TPSA) is 105 Å². The highest BCUT2D eigenvalue weighted by Crippen LogP contribution is 2.21. The van der Waals surface area contributed by atoms with Crippen molar-refractivity contribution in [3.8, 4) is 11.5 Å². The van der Waals surface area contributed by atoms with Gasteiger partial charge in [-0.1, -0.05) is 13.0 Å². The molecule has 3 aromatic rings. The molecule has 31 heavy (non-hydrogen) atoms. The summed E-state index contributed by atoms with van der Waals surface area (Å²) < 4.78 is 0. The van der Waals surface area contributed by atoms with Gasteiger partial charge in [-0.15, -0.1) is 0 Å². The predicted octanol–water partition coefficient (Wildman–Crippen LogP) is 2.97. The maximum Gasteiger partial charge on any atom is 0.269 e. The van der Waals surface area contributed by atoms with E-state index in [1.54, 1.807) is 11.1 Å². The molecule has 9 heteroatoms. The molecule has 0 aliphatic carbocycles. The fourth-order valence-electron chi connectivity index (χ4n) is 3.48. The number of nitrogens with zero attached hydrogens (tertiary/aromatic N) is 6. The summed E-state index contributed by atoms with van der Waals surface area (Å²) in [6.07, 6.45) is 2.51. The Morgan fingerprint density at radius 2 is 1.81 bits per heavy atom. The molecule has 0 spiro atoms. The van der Waals surface area contributed by atoms with Gasteiger partial charge < -0.3 is 9.80 Å². The Labute approximate surface area is 179 Å². The Morgan fingerprint density at radius 3 is 2.42 bits per heavy atom. The third-order valence-corrected chi connectivity index (χ3v) is 5.24. The van der Waals surface area contributed by atoms with Gasteiger partial charge in [0.1, 0.15) is 11.5 Å². The second-order valence-corrected chi connectivity index (χ2v) is 7.19. The lowest BCUT2D eigenvalue weighted by molar-refractivity contribution is -0.384. The lowest BCUT2D eigenvalue weighted by atomic mass is 10.1. The van der Waals surface area contributed by atoms with Crippen molar-refractivity contribution in [2.45, 2.75) is 13.3 Å². The van der Waals surface area contributed by atoms with Gasteiger partial charge in [-0.2, -0.15) is 0 Å². The first-order valence-electron chi connectivity index (χ1n) is 10.1. The van der Waals surface area contributed by atoms with Gasteiger partial charge in [0.2, 0.25) is 0 Å². The van der Waals surface area contributed by atoms with Crippen LogP contribution in [0.2, 0.25) is 0 Å². The molecular weight excluding hydrogens is 396 g/mol. The molecule has 0 bridgehead atoms. The third-order valence-electron chi connectivity index (χ3n) is 5.24. The van der Waals surface area contributed by atoms with E-state index in [1.807, 2.05) is 24.3 Å². The number of non-ortho nitro benzene ring substituents is 1. The molecule has 1 amide bonds. The fourth-order valence-corrected chi connectivity index (χ4v) is 3.48. The number of hydrogen-bond donors (Lipinski definition) is 0. The van der Waals surface area contributed by atoms with Crippen molar-refractivity contribution >= 4 is 17.4 Å². The summed E-state index contributed by atoms with van der Waals surface area (Å²) in [4.78, 5) is 40.7. The second kappa shape index (κ2) is 8.86. The highest BCUT2D eigenvalue weighted by Gasteiger charge is 2.24. The minimum atomic E-state index is -0.474. The molecule has 0 unspecified atom stereocenters. The molecule has 0 saturated carbocycles. The van der Waals surface area contributed by atoms with Crippen LogP contribution in [0.5, 0.6) is 0 Å². The van der Waals surface area contributed by atoms with E-state index < -0.39 is 4.92 Å². The number of nitro benzene ring substituents is 1. The first kappa shape index (κ1) is 20.4. The average Bonchev–Trinajstić information content (AvgIpc) is 2.84. The molecule has 1 saturated heterocycles. The molecule has 1 aliphatic heterocycles. The Kier molecular flexibility index (Phi) is 5.83. The lowest BCUT2D eigenvalue weighted by Gasteiger charge is -2.35. The van der Waals surface area contributed by atoms with Crippen LogP contribution in [0.1, 0.15) is 23.0 Å². The Hall–Kier alpha value is -3.88. The van der Waals surface area contributed by atoms with Gasteiger partial charge >= 0.3 is 0 Å². The molecule has 158 valence electrons. The number of aryl methyl sites for hydroxylation is 1. The van der Waals surface area contributed by atoms with Crippen LogP contribution < -0.4 is 4.90 Å². The number of anilines is 1. The highest BCUT2D eigenvalue weighted by molar-refractivity contribution is 5.94. The van der Waals surface area contributed by atoms with E-state index in [4.69, 9.17) is 4.98 Å². The third kappa shape index (κ3) is 4.50. The Bertz CT molecular complexity index is 1080. The van der Waals surface area contributed by atoms with Crippen LogP contribution in [0, 0.1) is 10.1 Å². The first-order chi connectivity index (χ1) is 15.0. The number of hydrogen-bond acceptors (Lipinski definition) is 7. The van der Waals surface area contributed by atoms with Gasteiger partial charge in [-0.25, -0.2) is 9.97 Å². The van der Waals surface area contributed by atoms with Crippen LogP contribution in [0.25, 0.3) is 11.5 Å². The Morgan fingerprint density at radius 1 is 1.06 bits per heavy atom. The van der Waals surface area contributed by atoms with Crippen molar-refractivity contribution in [2.24, 2.45) is 0 Å². The van der Waals surface area contributed by atoms with Crippen molar-refractivity contribution < 1.29 is 9.72 Å². The lowest BCUT2D eigenvalue weighted by Crippen LogP contribution is -2.49. The molecule has 0 N–H and O–H groups in total. The summed E-state index contributed by atoms with van der Waals surface area (Å²) >= 11 is 0. The molecule has 2 aromatic heterocycles. The van der Waals surface area contributed by atoms with E-state index in [9.17, 15) is 14.9 Å². The summed E-state index contributed by atoms with van der Waals surface area (Å²) in [5.74, 6) is 1.30. The summed E-state index contributed by atoms with van der Waals surface area (Å²) in [6, 6.07) is 13.4. The van der Waals surface area contributed by atoms with Gasteiger partial charge in [0, 0.05) is 61.8 Å². The highest BCUT2D eigenvalue weighted by atomic mass is 16.6. The monoisotopic (exact) mass is 418 g/mol. The first-order valence-corrected chi connectivity index (χ1v) is 10.1. The largest absolute Gasteiger partial charge is 0.353 e. The Balaban J connectivity index is 1.47. The zero-order valence-electron chi connectivity index (χ0n) is 17.1. The van der Waals surface area contributed by atoms with Crippen molar-refractivity contribution in [2.75, 3.05) is 31.1 Å². The summed E-state index contributed by atoms with van der Waals surface area (Å²) in [5, 5.41) is 10.8. The molecule has 1 fully saturated rings. The molecule has 9 nitrogen and oxygen atoms in total. The number of carbonyl (C=O) groups excluding carboxylic acids is 1. The zero-order valence-corrected chi connectivity index (χ0v) is 17.1. The minimum Gasteiger partial charge on any atom is -0.353 e. The number of pyridine rings is 1. The van der Waals surface area contributed by atoms with Crippen LogP contribution >= 0.6 is 0 Å². The van der Waals surface area contributed by atoms with E-state index in [1.165, 1.54) is 24.3 Å². The minimum absolute atomic E-state index is 0.0273. The van der Waals surface area contributed by atoms with E-state index in [-0.39, 0.29) is 11.6 Å². The van der Waals surface area contributed by atoms with Gasteiger partial charge in [0.25, 0.3) is 11.6 Å². The second-order valence-electron chi connectivity index (χ2n) is 7.19. The molecule has 3 heterocycles. The molecule has 4 rings (SSSR count). The fraction of sp³-hybridized carbons (Fsp3) is 0.273. The quantitative estimate of drug-likeness (QED) is 0.463. The van der Waals surface area contributed by atoms with Gasteiger partial charge in [0.05, 0.1) is 4.92 Å². The smallest absolute Gasteiger partial charge is 0.269 e. The number of piperazine rings is 1. The zero-order chi connectivity index (χ0) is 21.8. The SMILES string of the molecule is CCc1cc(N2CCN(C(=O)c3ccc([N+](=O)[O-])cc3)CC2)nc(-c2ccccn2)n1. The standard InChI is InChI=1S/C22H22N6O3/c1-2-17-15-20(25-21(24-17)19-5-3-4-10-23-19)26-11-13-27(14-12-26)22(29)16-6-8-18(9-7-16)28(30)31/h3-10,15H,2,11-14H2,1H3. The number of amides is 1. The van der Waals surface area contributed by atoms with Crippen molar-refractivity contribution in [3.05, 3.63) is 76.1 Å². The summed E-state index contributed by atoms with van der Waals surface area (Å²) in [5.41, 5.74) is 2.09. The van der Waals surface area contributed by atoms with Gasteiger partial charge in [-0.05, 0) is 30.7 Å². The number of carbonyl (C=O) groups is 1. The normalized spacial score (nSPS) is 13.8. The van der Waals surface area contributed by atoms with Crippen molar-refractivity contribution in [1.82, 2.24) is 19.9 Å². The van der Waals surface area contributed by atoms with Crippen molar-refractivity contribution in [3.63, 3.8) is 0 Å². The van der Waals surface area contributed by atoms with Crippen LogP contribution in [0.4, 0.5) is 11.5 Å². The molecule has 1 aromatic carbocycles. The number of benzene rings is 1. The van der Waals surface area contributed by atoms with Crippen molar-refractivity contribution in [1.29, 1.82) is 0 Å². The maximum atomic E-state index is 12.8. The van der Waals surface area contributed by atoms with E-state index in [0.717, 1.165) is 23.6 Å². The van der Waals surface area contributed by atoms with E-state index >= 15 is 0 Å². The van der Waals surface area contributed by atoms with Crippen LogP contribution in [-0.2, 0) is 6.42 Å². The molecule has 0 atom stereocenters. The predicted molar refractivity (Wildman–Crippen MR) is 116 cm³/mol. The van der Waals surface area contributed by atoms with E-state index in [0.29, 0.717) is 37.6 Å². The van der Waals surface area contributed by atoms with E-state index in [2.05, 4.69) is 21.8 Å². The summed E-state index contributed by atoms with van der Waals surface area (Å²) in [6.45, 7) is 4.41. The van der Waals surface area contributed by atoms with Crippen LogP contribution in [0.3, 0.4) is 0 Å².